The van der Waals surface area contributed by atoms with Crippen LogP contribution >= 0.6 is 22.7 Å². The van der Waals surface area contributed by atoms with Gasteiger partial charge in [0.2, 0.25) is 5.91 Å². The van der Waals surface area contributed by atoms with Gasteiger partial charge in [-0.1, -0.05) is 18.2 Å². The fraction of sp³-hybridized carbons (Fsp3) is 0.400. The fourth-order valence-corrected chi connectivity index (χ4v) is 7.27. The molecule has 9 heteroatoms. The molecular formula is C20H23N3O3S3. The second kappa shape index (κ2) is 8.14. The zero-order valence-electron chi connectivity index (χ0n) is 16.3. The summed E-state index contributed by atoms with van der Waals surface area (Å²) < 4.78 is 28.3. The zero-order valence-corrected chi connectivity index (χ0v) is 18.8. The number of thiazole rings is 1. The molecule has 1 saturated heterocycles. The minimum Gasteiger partial charge on any atom is -0.336 e. The molecule has 6 nitrogen and oxygen atoms in total. The number of nitrogens with zero attached hydrogens (tertiary/aromatic N) is 3. The van der Waals surface area contributed by atoms with Crippen molar-refractivity contribution in [3.05, 3.63) is 46.8 Å². The van der Waals surface area contributed by atoms with E-state index in [-0.39, 0.29) is 17.9 Å². The van der Waals surface area contributed by atoms with Crippen LogP contribution < -0.4 is 0 Å². The van der Waals surface area contributed by atoms with Crippen molar-refractivity contribution in [3.63, 3.8) is 0 Å². The molecule has 1 aliphatic rings. The van der Waals surface area contributed by atoms with Crippen molar-refractivity contribution in [1.82, 2.24) is 14.2 Å². The lowest BCUT2D eigenvalue weighted by Crippen LogP contribution is -2.43. The van der Waals surface area contributed by atoms with E-state index in [4.69, 9.17) is 0 Å². The number of sulfonamides is 1. The average Bonchev–Trinajstić information content (AvgIpc) is 3.42. The highest BCUT2D eigenvalue weighted by molar-refractivity contribution is 7.91. The number of aromatic nitrogens is 1. The largest absolute Gasteiger partial charge is 0.336 e. The molecule has 1 amide bonds. The lowest BCUT2D eigenvalue weighted by atomic mass is 9.96. The van der Waals surface area contributed by atoms with E-state index in [1.807, 2.05) is 38.2 Å². The van der Waals surface area contributed by atoms with Crippen molar-refractivity contribution in [2.24, 2.45) is 5.92 Å². The number of hydrogen-bond acceptors (Lipinski definition) is 6. The smallest absolute Gasteiger partial charge is 0.252 e. The highest BCUT2D eigenvalue weighted by atomic mass is 32.2. The maximum Gasteiger partial charge on any atom is 0.252 e. The van der Waals surface area contributed by atoms with Crippen LogP contribution in [0.1, 0.15) is 30.8 Å². The van der Waals surface area contributed by atoms with Crippen molar-refractivity contribution in [3.8, 4) is 0 Å². The van der Waals surface area contributed by atoms with E-state index >= 15 is 0 Å². The van der Waals surface area contributed by atoms with Crippen molar-refractivity contribution < 1.29 is 13.2 Å². The summed E-state index contributed by atoms with van der Waals surface area (Å²) in [5.41, 5.74) is 0.951. The second-order valence-corrected chi connectivity index (χ2v) is 11.4. The quantitative estimate of drug-likeness (QED) is 0.591. The van der Waals surface area contributed by atoms with Gasteiger partial charge in [-0.25, -0.2) is 13.4 Å². The second-order valence-electron chi connectivity index (χ2n) is 7.26. The first kappa shape index (κ1) is 20.5. The number of para-hydroxylation sites is 1. The Bertz CT molecular complexity index is 1070. The summed E-state index contributed by atoms with van der Waals surface area (Å²) >= 11 is 2.84. The molecule has 4 rings (SSSR count). The van der Waals surface area contributed by atoms with Crippen LogP contribution in [0.25, 0.3) is 10.2 Å². The number of carbonyl (C=O) groups is 1. The lowest BCUT2D eigenvalue weighted by Gasteiger charge is -2.33. The Hall–Kier alpha value is -1.81. The monoisotopic (exact) mass is 449 g/mol. The van der Waals surface area contributed by atoms with Crippen LogP contribution in [-0.2, 0) is 14.8 Å². The van der Waals surface area contributed by atoms with Crippen LogP contribution in [0.4, 0.5) is 0 Å². The van der Waals surface area contributed by atoms with Gasteiger partial charge in [0.1, 0.15) is 9.22 Å². The Morgan fingerprint density at radius 2 is 1.93 bits per heavy atom. The predicted octanol–water partition coefficient (Wildman–Crippen LogP) is 3.98. The minimum absolute atomic E-state index is 0.0601. The van der Waals surface area contributed by atoms with Crippen molar-refractivity contribution >= 4 is 48.8 Å². The first-order valence-corrected chi connectivity index (χ1v) is 12.7. The summed E-state index contributed by atoms with van der Waals surface area (Å²) in [5, 5.41) is 2.68. The molecule has 1 unspecified atom stereocenters. The molecule has 0 spiro atoms. The van der Waals surface area contributed by atoms with Crippen LogP contribution in [0.3, 0.4) is 0 Å². The molecule has 1 atom stereocenters. The standard InChI is InChI=1S/C20H23N3O3S3/c1-14(19-21-16-6-3-4-7-17(16)28-19)22(2)20(24)15-9-11-23(12-10-15)29(25,26)18-8-5-13-27-18/h3-8,13-15H,9-12H2,1-2H3. The summed E-state index contributed by atoms with van der Waals surface area (Å²) in [4.78, 5) is 19.5. The molecule has 3 aromatic rings. The number of benzene rings is 1. The van der Waals surface area contributed by atoms with Gasteiger partial charge in [-0.05, 0) is 43.3 Å². The fourth-order valence-electron chi connectivity index (χ4n) is 3.59. The van der Waals surface area contributed by atoms with E-state index in [1.54, 1.807) is 33.7 Å². The summed E-state index contributed by atoms with van der Waals surface area (Å²) in [6.07, 6.45) is 1.08. The van der Waals surface area contributed by atoms with Crippen LogP contribution in [-0.4, -0.2) is 48.7 Å². The van der Waals surface area contributed by atoms with E-state index < -0.39 is 10.0 Å². The maximum absolute atomic E-state index is 13.0. The van der Waals surface area contributed by atoms with Gasteiger partial charge in [0, 0.05) is 26.1 Å². The summed E-state index contributed by atoms with van der Waals surface area (Å²) in [6, 6.07) is 11.2. The zero-order chi connectivity index (χ0) is 20.6. The van der Waals surface area contributed by atoms with Crippen LogP contribution in [0.5, 0.6) is 0 Å². The van der Waals surface area contributed by atoms with Crippen LogP contribution in [0.2, 0.25) is 0 Å². The van der Waals surface area contributed by atoms with Gasteiger partial charge in [0.05, 0.1) is 16.3 Å². The van der Waals surface area contributed by atoms with E-state index in [2.05, 4.69) is 4.98 Å². The summed E-state index contributed by atoms with van der Waals surface area (Å²) in [5.74, 6) is -0.100. The Morgan fingerprint density at radius 3 is 2.59 bits per heavy atom. The number of thiophene rings is 1. The van der Waals surface area contributed by atoms with Crippen LogP contribution in [0, 0.1) is 5.92 Å². The topological polar surface area (TPSA) is 70.6 Å². The molecule has 1 fully saturated rings. The highest BCUT2D eigenvalue weighted by Gasteiger charge is 2.34. The van der Waals surface area contributed by atoms with Gasteiger partial charge in [-0.15, -0.1) is 22.7 Å². The highest BCUT2D eigenvalue weighted by Crippen LogP contribution is 2.32. The number of carbonyl (C=O) groups excluding carboxylic acids is 1. The van der Waals surface area contributed by atoms with E-state index in [9.17, 15) is 13.2 Å². The number of hydrogen-bond donors (Lipinski definition) is 0. The molecule has 3 heterocycles. The number of amides is 1. The third-order valence-electron chi connectivity index (χ3n) is 5.49. The average molecular weight is 450 g/mol. The molecule has 0 bridgehead atoms. The lowest BCUT2D eigenvalue weighted by molar-refractivity contribution is -0.137. The van der Waals surface area contributed by atoms with Gasteiger partial charge >= 0.3 is 0 Å². The van der Waals surface area contributed by atoms with E-state index in [1.165, 1.54) is 15.6 Å². The third kappa shape index (κ3) is 3.96. The number of piperidine rings is 1. The molecule has 0 saturated carbocycles. The van der Waals surface area contributed by atoms with E-state index in [0.717, 1.165) is 15.2 Å². The van der Waals surface area contributed by atoms with Crippen molar-refractivity contribution in [1.29, 1.82) is 0 Å². The Labute approximate surface area is 178 Å². The van der Waals surface area contributed by atoms with Crippen molar-refractivity contribution in [2.75, 3.05) is 20.1 Å². The third-order valence-corrected chi connectivity index (χ3v) is 9.97. The van der Waals surface area contributed by atoms with Crippen molar-refractivity contribution in [2.45, 2.75) is 30.0 Å². The summed E-state index contributed by atoms with van der Waals surface area (Å²) in [7, 11) is -1.63. The maximum atomic E-state index is 13.0. The first-order chi connectivity index (χ1) is 13.9. The van der Waals surface area contributed by atoms with Crippen LogP contribution in [0.15, 0.2) is 46.0 Å². The number of rotatable bonds is 5. The molecule has 1 aliphatic heterocycles. The van der Waals surface area contributed by atoms with Gasteiger partial charge in [0.15, 0.2) is 0 Å². The molecule has 1 aromatic carbocycles. The summed E-state index contributed by atoms with van der Waals surface area (Å²) in [6.45, 7) is 2.74. The SMILES string of the molecule is CC(c1nc2ccccc2s1)N(C)C(=O)C1CCN(S(=O)(=O)c2cccs2)CC1. The molecular weight excluding hydrogens is 426 g/mol. The van der Waals surface area contributed by atoms with E-state index in [0.29, 0.717) is 30.1 Å². The molecule has 154 valence electrons. The Morgan fingerprint density at radius 1 is 1.21 bits per heavy atom. The Balaban J connectivity index is 1.41. The molecule has 0 aliphatic carbocycles. The van der Waals surface area contributed by atoms with Gasteiger partial charge in [0.25, 0.3) is 10.0 Å². The molecule has 0 radical (unpaired) electrons. The molecule has 0 N–H and O–H groups in total. The molecule has 2 aromatic heterocycles. The number of fused-ring (bicyclic) bond motifs is 1. The first-order valence-electron chi connectivity index (χ1n) is 9.53. The van der Waals surface area contributed by atoms with Gasteiger partial charge < -0.3 is 4.90 Å². The predicted molar refractivity (Wildman–Crippen MR) is 117 cm³/mol. The minimum atomic E-state index is -3.44. The van der Waals surface area contributed by atoms with Gasteiger partial charge in [-0.3, -0.25) is 4.79 Å². The normalized spacial score (nSPS) is 17.4. The molecule has 29 heavy (non-hydrogen) atoms. The Kier molecular flexibility index (Phi) is 5.74. The van der Waals surface area contributed by atoms with Gasteiger partial charge in [-0.2, -0.15) is 4.31 Å².